The van der Waals surface area contributed by atoms with Gasteiger partial charge < -0.3 is 4.90 Å². The van der Waals surface area contributed by atoms with Crippen LogP contribution in [0.4, 0.5) is 0 Å². The maximum absolute atomic E-state index is 13.3. The van der Waals surface area contributed by atoms with E-state index in [1.807, 2.05) is 38.1 Å². The maximum Gasteiger partial charge on any atom is 0.245 e. The van der Waals surface area contributed by atoms with Crippen molar-refractivity contribution in [2.45, 2.75) is 45.7 Å². The summed E-state index contributed by atoms with van der Waals surface area (Å²) in [5, 5.41) is 8.93. The molecule has 3 unspecified atom stereocenters. The normalized spacial score (nSPS) is 21.8. The van der Waals surface area contributed by atoms with Gasteiger partial charge in [0.05, 0.1) is 23.5 Å². The lowest BCUT2D eigenvalue weighted by atomic mass is 9.85. The molecule has 0 radical (unpaired) electrons. The third-order valence-electron chi connectivity index (χ3n) is 5.71. The maximum atomic E-state index is 13.3. The van der Waals surface area contributed by atoms with Gasteiger partial charge in [-0.05, 0) is 42.9 Å². The summed E-state index contributed by atoms with van der Waals surface area (Å²) < 4.78 is 0. The van der Waals surface area contributed by atoms with Crippen LogP contribution in [-0.2, 0) is 20.9 Å². The van der Waals surface area contributed by atoms with Crippen molar-refractivity contribution in [3.8, 4) is 6.07 Å². The fourth-order valence-electron chi connectivity index (χ4n) is 4.19. The second-order valence-electron chi connectivity index (χ2n) is 8.35. The van der Waals surface area contributed by atoms with Gasteiger partial charge in [-0.1, -0.05) is 38.1 Å². The molecule has 1 aliphatic carbocycles. The zero-order valence-corrected chi connectivity index (χ0v) is 17.2. The lowest BCUT2D eigenvalue weighted by molar-refractivity contribution is -0.152. The highest BCUT2D eigenvalue weighted by molar-refractivity contribution is 6.08. The number of rotatable bonds is 6. The van der Waals surface area contributed by atoms with Crippen LogP contribution in [-0.4, -0.2) is 40.6 Å². The highest BCUT2D eigenvalue weighted by Gasteiger charge is 2.51. The molecule has 1 heterocycles. The molecule has 3 rings (SSSR count). The minimum atomic E-state index is -0.774. The summed E-state index contributed by atoms with van der Waals surface area (Å²) in [6.45, 7) is 4.32. The topological polar surface area (TPSA) is 81.5 Å². The van der Waals surface area contributed by atoms with Crippen molar-refractivity contribution in [3.63, 3.8) is 0 Å². The lowest BCUT2D eigenvalue weighted by Crippen LogP contribution is -2.50. The standard InChI is InChI=1S/C23H27N3O3/c1-15(2)12-20(26-21(27)18-6-4-5-7-19(18)22(26)28)23(29)25(3)14-17-10-8-16(13-24)9-11-17/h4-5,8-11,15,18-20H,6-7,12,14H2,1-3H3. The third kappa shape index (κ3) is 4.24. The second-order valence-corrected chi connectivity index (χ2v) is 8.35. The largest absolute Gasteiger partial charge is 0.340 e. The average molecular weight is 393 g/mol. The van der Waals surface area contributed by atoms with Gasteiger partial charge in [0.15, 0.2) is 0 Å². The van der Waals surface area contributed by atoms with E-state index in [-0.39, 0.29) is 35.5 Å². The number of hydrogen-bond donors (Lipinski definition) is 0. The Morgan fingerprint density at radius 3 is 2.17 bits per heavy atom. The smallest absolute Gasteiger partial charge is 0.245 e. The lowest BCUT2D eigenvalue weighted by Gasteiger charge is -2.31. The van der Waals surface area contributed by atoms with Gasteiger partial charge in [-0.3, -0.25) is 19.3 Å². The Balaban J connectivity index is 1.80. The molecule has 1 aromatic carbocycles. The summed E-state index contributed by atoms with van der Waals surface area (Å²) in [7, 11) is 1.69. The van der Waals surface area contributed by atoms with Gasteiger partial charge in [-0.15, -0.1) is 0 Å². The number of hydrogen-bond acceptors (Lipinski definition) is 4. The zero-order valence-electron chi connectivity index (χ0n) is 17.2. The van der Waals surface area contributed by atoms with E-state index in [1.54, 1.807) is 24.1 Å². The molecule has 3 atom stereocenters. The van der Waals surface area contributed by atoms with Crippen LogP contribution in [0.15, 0.2) is 36.4 Å². The summed E-state index contributed by atoms with van der Waals surface area (Å²) in [5.41, 5.74) is 1.45. The SMILES string of the molecule is CC(C)CC(C(=O)N(C)Cc1ccc(C#N)cc1)N1C(=O)C2CC=CCC2C1=O. The number of fused-ring (bicyclic) bond motifs is 1. The zero-order chi connectivity index (χ0) is 21.1. The van der Waals surface area contributed by atoms with E-state index < -0.39 is 6.04 Å². The fraction of sp³-hybridized carbons (Fsp3) is 0.478. The number of carbonyl (C=O) groups excluding carboxylic acids is 3. The van der Waals surface area contributed by atoms with Crippen LogP contribution >= 0.6 is 0 Å². The van der Waals surface area contributed by atoms with Crippen molar-refractivity contribution in [2.75, 3.05) is 7.05 Å². The van der Waals surface area contributed by atoms with E-state index in [1.165, 1.54) is 4.90 Å². The first-order valence-electron chi connectivity index (χ1n) is 10.1. The first kappa shape index (κ1) is 20.8. The molecule has 0 aromatic heterocycles. The number of benzene rings is 1. The molecular weight excluding hydrogens is 366 g/mol. The van der Waals surface area contributed by atoms with Gasteiger partial charge in [0.25, 0.3) is 0 Å². The van der Waals surface area contributed by atoms with E-state index >= 15 is 0 Å². The summed E-state index contributed by atoms with van der Waals surface area (Å²) in [6, 6.07) is 8.35. The van der Waals surface area contributed by atoms with Crippen LogP contribution in [0.3, 0.4) is 0 Å². The molecule has 1 saturated heterocycles. The number of allylic oxidation sites excluding steroid dienone is 2. The number of likely N-dealkylation sites (N-methyl/N-ethyl adjacent to an activating group) is 1. The Labute approximate surface area is 171 Å². The quantitative estimate of drug-likeness (QED) is 0.550. The van der Waals surface area contributed by atoms with E-state index in [0.29, 0.717) is 31.4 Å². The number of imide groups is 1. The summed E-state index contributed by atoms with van der Waals surface area (Å²) in [4.78, 5) is 42.1. The van der Waals surface area contributed by atoms with Gasteiger partial charge >= 0.3 is 0 Å². The monoisotopic (exact) mass is 393 g/mol. The average Bonchev–Trinajstić information content (AvgIpc) is 2.97. The molecular formula is C23H27N3O3. The van der Waals surface area contributed by atoms with Crippen LogP contribution < -0.4 is 0 Å². The van der Waals surface area contributed by atoms with Gasteiger partial charge in [0.1, 0.15) is 6.04 Å². The Kier molecular flexibility index (Phi) is 6.17. The molecule has 2 aliphatic rings. The van der Waals surface area contributed by atoms with Crippen molar-refractivity contribution >= 4 is 17.7 Å². The van der Waals surface area contributed by atoms with E-state index in [9.17, 15) is 14.4 Å². The molecule has 152 valence electrons. The van der Waals surface area contributed by atoms with Crippen LogP contribution in [0.1, 0.15) is 44.2 Å². The molecule has 0 spiro atoms. The van der Waals surface area contributed by atoms with Crippen molar-refractivity contribution < 1.29 is 14.4 Å². The molecule has 1 aromatic rings. The fourth-order valence-corrected chi connectivity index (χ4v) is 4.19. The van der Waals surface area contributed by atoms with Crippen LogP contribution in [0.2, 0.25) is 0 Å². The minimum absolute atomic E-state index is 0.161. The molecule has 3 amide bonds. The molecule has 1 aliphatic heterocycles. The highest BCUT2D eigenvalue weighted by Crippen LogP contribution is 2.37. The van der Waals surface area contributed by atoms with E-state index in [4.69, 9.17) is 5.26 Å². The Morgan fingerprint density at radius 1 is 1.14 bits per heavy atom. The molecule has 6 heteroatoms. The first-order valence-corrected chi connectivity index (χ1v) is 10.1. The van der Waals surface area contributed by atoms with Gasteiger partial charge in [0.2, 0.25) is 17.7 Å². The molecule has 1 fully saturated rings. The number of carbonyl (C=O) groups is 3. The molecule has 29 heavy (non-hydrogen) atoms. The van der Waals surface area contributed by atoms with Crippen LogP contribution in [0.5, 0.6) is 0 Å². The van der Waals surface area contributed by atoms with Crippen molar-refractivity contribution in [3.05, 3.63) is 47.5 Å². The van der Waals surface area contributed by atoms with Crippen molar-refractivity contribution in [2.24, 2.45) is 17.8 Å². The Hall–Kier alpha value is -2.94. The number of amides is 3. The summed E-state index contributed by atoms with van der Waals surface area (Å²) in [6.07, 6.45) is 5.48. The van der Waals surface area contributed by atoms with Crippen molar-refractivity contribution in [1.82, 2.24) is 9.80 Å². The summed E-state index contributed by atoms with van der Waals surface area (Å²) >= 11 is 0. The number of nitriles is 1. The predicted molar refractivity (Wildman–Crippen MR) is 108 cm³/mol. The van der Waals surface area contributed by atoms with Gasteiger partial charge in [-0.25, -0.2) is 0 Å². The predicted octanol–water partition coefficient (Wildman–Crippen LogP) is 2.88. The molecule has 0 N–H and O–H groups in total. The van der Waals surface area contributed by atoms with Gasteiger partial charge in [0, 0.05) is 13.6 Å². The first-order chi connectivity index (χ1) is 13.8. The molecule has 0 saturated carbocycles. The van der Waals surface area contributed by atoms with E-state index in [2.05, 4.69) is 6.07 Å². The Bertz CT molecular complexity index is 840. The van der Waals surface area contributed by atoms with E-state index in [0.717, 1.165) is 5.56 Å². The number of nitrogens with zero attached hydrogens (tertiary/aromatic N) is 3. The number of likely N-dealkylation sites (tertiary alicyclic amines) is 1. The van der Waals surface area contributed by atoms with Crippen LogP contribution in [0.25, 0.3) is 0 Å². The van der Waals surface area contributed by atoms with Crippen LogP contribution in [0, 0.1) is 29.1 Å². The molecule has 6 nitrogen and oxygen atoms in total. The van der Waals surface area contributed by atoms with Gasteiger partial charge in [-0.2, -0.15) is 5.26 Å². The Morgan fingerprint density at radius 2 is 1.69 bits per heavy atom. The van der Waals surface area contributed by atoms with Crippen molar-refractivity contribution in [1.29, 1.82) is 5.26 Å². The highest BCUT2D eigenvalue weighted by atomic mass is 16.2. The second kappa shape index (κ2) is 8.60. The molecule has 0 bridgehead atoms. The third-order valence-corrected chi connectivity index (χ3v) is 5.71. The minimum Gasteiger partial charge on any atom is -0.340 e. The summed E-state index contributed by atoms with van der Waals surface area (Å²) in [5.74, 6) is -1.16.